The minimum atomic E-state index is -4.04. The molecule has 0 aromatic heterocycles. The first-order valence-electron chi connectivity index (χ1n) is 4.70. The first-order valence-corrected chi connectivity index (χ1v) is 7.36. The SMILES string of the molecule is NCC(F)(F)CNS(=O)(=O)c1ccc(Cl)cc1Br. The van der Waals surface area contributed by atoms with Crippen molar-refractivity contribution in [3.63, 3.8) is 0 Å². The number of halogens is 4. The molecule has 0 fully saturated rings. The second-order valence-corrected chi connectivity index (χ2v) is 6.49. The molecule has 0 amide bonds. The number of rotatable bonds is 5. The van der Waals surface area contributed by atoms with Crippen LogP contribution in [0, 0.1) is 0 Å². The predicted molar refractivity (Wildman–Crippen MR) is 68.3 cm³/mol. The van der Waals surface area contributed by atoms with Crippen LogP contribution in [0.3, 0.4) is 0 Å². The zero-order valence-electron chi connectivity index (χ0n) is 8.96. The highest BCUT2D eigenvalue weighted by molar-refractivity contribution is 9.10. The Kier molecular flexibility index (Phi) is 5.07. The lowest BCUT2D eigenvalue weighted by atomic mass is 10.3. The van der Waals surface area contributed by atoms with Gasteiger partial charge in [-0.2, -0.15) is 0 Å². The van der Waals surface area contributed by atoms with E-state index in [0.29, 0.717) is 5.02 Å². The predicted octanol–water partition coefficient (Wildman–Crippen LogP) is 1.97. The molecule has 0 radical (unpaired) electrons. The Bertz CT molecular complexity index is 539. The normalized spacial score (nSPS) is 12.7. The fraction of sp³-hybridized carbons (Fsp3) is 0.333. The van der Waals surface area contributed by atoms with E-state index in [9.17, 15) is 17.2 Å². The number of sulfonamides is 1. The third kappa shape index (κ3) is 4.13. The molecule has 0 aliphatic carbocycles. The number of nitrogens with two attached hydrogens (primary N) is 1. The van der Waals surface area contributed by atoms with Crippen molar-refractivity contribution < 1.29 is 17.2 Å². The number of nitrogens with one attached hydrogen (secondary N) is 1. The molecule has 1 aromatic carbocycles. The fourth-order valence-corrected chi connectivity index (χ4v) is 3.49. The highest BCUT2D eigenvalue weighted by Crippen LogP contribution is 2.25. The third-order valence-electron chi connectivity index (χ3n) is 2.00. The highest BCUT2D eigenvalue weighted by atomic mass is 79.9. The van der Waals surface area contributed by atoms with Gasteiger partial charge in [-0.25, -0.2) is 21.9 Å². The summed E-state index contributed by atoms with van der Waals surface area (Å²) in [5.74, 6) is -3.29. The van der Waals surface area contributed by atoms with Gasteiger partial charge in [-0.1, -0.05) is 11.6 Å². The van der Waals surface area contributed by atoms with E-state index in [4.69, 9.17) is 17.3 Å². The molecule has 0 bridgehead atoms. The van der Waals surface area contributed by atoms with Crippen LogP contribution in [-0.4, -0.2) is 27.4 Å². The second-order valence-electron chi connectivity index (χ2n) is 3.46. The van der Waals surface area contributed by atoms with E-state index in [1.807, 2.05) is 0 Å². The van der Waals surface area contributed by atoms with Crippen molar-refractivity contribution in [1.29, 1.82) is 0 Å². The molecular weight excluding hydrogens is 354 g/mol. The Balaban J connectivity index is 2.94. The zero-order valence-corrected chi connectivity index (χ0v) is 12.1. The maximum Gasteiger partial charge on any atom is 0.273 e. The minimum absolute atomic E-state index is 0.167. The summed E-state index contributed by atoms with van der Waals surface area (Å²) in [7, 11) is -4.04. The van der Waals surface area contributed by atoms with Crippen LogP contribution in [0.1, 0.15) is 0 Å². The molecule has 18 heavy (non-hydrogen) atoms. The van der Waals surface area contributed by atoms with Gasteiger partial charge in [-0.15, -0.1) is 0 Å². The van der Waals surface area contributed by atoms with Crippen LogP contribution < -0.4 is 10.5 Å². The smallest absolute Gasteiger partial charge is 0.273 e. The summed E-state index contributed by atoms with van der Waals surface area (Å²) in [5.41, 5.74) is 4.81. The molecule has 0 heterocycles. The summed E-state index contributed by atoms with van der Waals surface area (Å²) < 4.78 is 51.3. The van der Waals surface area contributed by atoms with E-state index in [0.717, 1.165) is 0 Å². The monoisotopic (exact) mass is 362 g/mol. The van der Waals surface area contributed by atoms with Crippen LogP contribution in [-0.2, 0) is 10.0 Å². The molecule has 102 valence electrons. The van der Waals surface area contributed by atoms with Gasteiger partial charge in [0.1, 0.15) is 0 Å². The average molecular weight is 364 g/mol. The summed E-state index contributed by atoms with van der Waals surface area (Å²) in [6, 6.07) is 3.93. The lowest BCUT2D eigenvalue weighted by Crippen LogP contribution is -2.41. The molecule has 0 saturated carbocycles. The molecule has 0 unspecified atom stereocenters. The molecule has 0 aliphatic heterocycles. The topological polar surface area (TPSA) is 72.2 Å². The van der Waals surface area contributed by atoms with Crippen molar-refractivity contribution in [3.8, 4) is 0 Å². The van der Waals surface area contributed by atoms with E-state index in [2.05, 4.69) is 15.9 Å². The average Bonchev–Trinajstić information content (AvgIpc) is 2.26. The van der Waals surface area contributed by atoms with Crippen molar-refractivity contribution in [1.82, 2.24) is 4.72 Å². The fourth-order valence-electron chi connectivity index (χ4n) is 1.04. The molecule has 0 aliphatic rings. The van der Waals surface area contributed by atoms with Crippen LogP contribution in [0.25, 0.3) is 0 Å². The molecule has 9 heteroatoms. The van der Waals surface area contributed by atoms with Crippen LogP contribution in [0.15, 0.2) is 27.6 Å². The second kappa shape index (κ2) is 5.79. The van der Waals surface area contributed by atoms with Crippen molar-refractivity contribution in [2.45, 2.75) is 10.8 Å². The summed E-state index contributed by atoms with van der Waals surface area (Å²) in [6.45, 7) is -1.99. The number of hydrogen-bond donors (Lipinski definition) is 2. The first-order chi connectivity index (χ1) is 8.18. The molecule has 1 rings (SSSR count). The van der Waals surface area contributed by atoms with Gasteiger partial charge >= 0.3 is 0 Å². The third-order valence-corrected chi connectivity index (χ3v) is 4.62. The lowest BCUT2D eigenvalue weighted by molar-refractivity contribution is 0.0170. The van der Waals surface area contributed by atoms with Gasteiger partial charge in [0, 0.05) is 9.50 Å². The van der Waals surface area contributed by atoms with Gasteiger partial charge in [0.2, 0.25) is 10.0 Å². The van der Waals surface area contributed by atoms with Crippen LogP contribution in [0.5, 0.6) is 0 Å². The molecular formula is C9H10BrClF2N2O2S. The maximum absolute atomic E-state index is 12.9. The maximum atomic E-state index is 12.9. The Labute approximate surface area is 117 Å². The van der Waals surface area contributed by atoms with Gasteiger partial charge in [0.25, 0.3) is 5.92 Å². The number of alkyl halides is 2. The standard InChI is InChI=1S/C9H10BrClF2N2O2S/c10-7-3-6(11)1-2-8(7)18(16,17)15-5-9(12,13)4-14/h1-3,15H,4-5,14H2. The first kappa shape index (κ1) is 15.8. The van der Waals surface area contributed by atoms with Crippen LogP contribution >= 0.6 is 27.5 Å². The van der Waals surface area contributed by atoms with Crippen LogP contribution in [0.4, 0.5) is 8.78 Å². The largest absolute Gasteiger partial charge is 0.325 e. The van der Waals surface area contributed by atoms with E-state index in [1.165, 1.54) is 18.2 Å². The van der Waals surface area contributed by atoms with Gasteiger partial charge in [-0.3, -0.25) is 0 Å². The quantitative estimate of drug-likeness (QED) is 0.840. The molecule has 0 spiro atoms. The van der Waals surface area contributed by atoms with Gasteiger partial charge in [-0.05, 0) is 34.1 Å². The Morgan fingerprint density at radius 1 is 1.44 bits per heavy atom. The molecule has 3 N–H and O–H groups in total. The summed E-state index contributed by atoms with van der Waals surface area (Å²) in [6.07, 6.45) is 0. The minimum Gasteiger partial charge on any atom is -0.325 e. The summed E-state index contributed by atoms with van der Waals surface area (Å²) >= 11 is 8.66. The lowest BCUT2D eigenvalue weighted by Gasteiger charge is -2.15. The van der Waals surface area contributed by atoms with Crippen molar-refractivity contribution in [2.75, 3.05) is 13.1 Å². The molecule has 0 atom stereocenters. The van der Waals surface area contributed by atoms with Crippen molar-refractivity contribution >= 4 is 37.6 Å². The van der Waals surface area contributed by atoms with Crippen molar-refractivity contribution in [2.24, 2.45) is 5.73 Å². The zero-order chi connectivity index (χ0) is 14.0. The number of benzene rings is 1. The van der Waals surface area contributed by atoms with Crippen molar-refractivity contribution in [3.05, 3.63) is 27.7 Å². The van der Waals surface area contributed by atoms with E-state index < -0.39 is 29.0 Å². The number of hydrogen-bond acceptors (Lipinski definition) is 3. The Morgan fingerprint density at radius 3 is 2.56 bits per heavy atom. The van der Waals surface area contributed by atoms with Gasteiger partial charge in [0.15, 0.2) is 0 Å². The van der Waals surface area contributed by atoms with Gasteiger partial charge in [0.05, 0.1) is 18.0 Å². The van der Waals surface area contributed by atoms with Gasteiger partial charge < -0.3 is 5.73 Å². The van der Waals surface area contributed by atoms with E-state index in [-0.39, 0.29) is 9.37 Å². The molecule has 1 aromatic rings. The van der Waals surface area contributed by atoms with Crippen LogP contribution in [0.2, 0.25) is 5.02 Å². The Hall–Kier alpha value is -0.280. The molecule has 0 saturated heterocycles. The summed E-state index contributed by atoms with van der Waals surface area (Å²) in [4.78, 5) is -0.167. The summed E-state index contributed by atoms with van der Waals surface area (Å²) in [5, 5.41) is 0.327. The molecule has 4 nitrogen and oxygen atoms in total. The highest BCUT2D eigenvalue weighted by Gasteiger charge is 2.29. The van der Waals surface area contributed by atoms with E-state index in [1.54, 1.807) is 4.72 Å². The Morgan fingerprint density at radius 2 is 2.06 bits per heavy atom. The van der Waals surface area contributed by atoms with E-state index >= 15 is 0 Å².